The van der Waals surface area contributed by atoms with E-state index in [1.165, 1.54) is 0 Å². The molecule has 0 aromatic carbocycles. The van der Waals surface area contributed by atoms with Gasteiger partial charge in [0.15, 0.2) is 0 Å². The summed E-state index contributed by atoms with van der Waals surface area (Å²) in [5, 5.41) is 0. The van der Waals surface area contributed by atoms with Crippen LogP contribution in [0.15, 0.2) is 12.1 Å². The average Bonchev–Trinajstić information content (AvgIpc) is 2.70. The lowest BCUT2D eigenvalue weighted by Gasteiger charge is -2.35. The molecule has 19 heavy (non-hydrogen) atoms. The van der Waals surface area contributed by atoms with Crippen molar-refractivity contribution < 1.29 is 9.47 Å². The fraction of sp³-hybridized carbons (Fsp3) is 0.714. The van der Waals surface area contributed by atoms with Crippen LogP contribution >= 0.6 is 22.9 Å². The van der Waals surface area contributed by atoms with Crippen LogP contribution in [-0.4, -0.2) is 24.4 Å². The van der Waals surface area contributed by atoms with Gasteiger partial charge in [0.25, 0.3) is 0 Å². The minimum absolute atomic E-state index is 0.0526. The number of rotatable bonds is 4. The summed E-state index contributed by atoms with van der Waals surface area (Å²) in [6, 6.07) is 3.85. The number of ether oxygens (including phenoxy) is 2. The normalized spacial score (nSPS) is 31.1. The first kappa shape index (κ1) is 15.3. The fourth-order valence-corrected chi connectivity index (χ4v) is 3.81. The molecule has 0 spiro atoms. The Morgan fingerprint density at radius 3 is 2.47 bits per heavy atom. The van der Waals surface area contributed by atoms with E-state index in [2.05, 4.69) is 13.8 Å². The first-order valence-corrected chi connectivity index (χ1v) is 7.97. The van der Waals surface area contributed by atoms with Gasteiger partial charge in [-0.3, -0.25) is 0 Å². The number of hydrogen-bond donors (Lipinski definition) is 1. The summed E-state index contributed by atoms with van der Waals surface area (Å²) in [5.74, 6) is 0. The third-order valence-corrected chi connectivity index (χ3v) is 4.64. The molecule has 0 amide bonds. The van der Waals surface area contributed by atoms with Gasteiger partial charge in [0, 0.05) is 10.9 Å². The molecule has 1 saturated heterocycles. The lowest BCUT2D eigenvalue weighted by Crippen LogP contribution is -2.37. The Morgan fingerprint density at radius 2 is 2.00 bits per heavy atom. The molecule has 2 N–H and O–H groups in total. The molecule has 0 aliphatic carbocycles. The van der Waals surface area contributed by atoms with Crippen molar-refractivity contribution in [2.75, 3.05) is 0 Å². The molecule has 0 bridgehead atoms. The molecule has 3 nitrogen and oxygen atoms in total. The minimum atomic E-state index is -0.0833. The van der Waals surface area contributed by atoms with E-state index in [0.717, 1.165) is 22.1 Å². The van der Waals surface area contributed by atoms with E-state index >= 15 is 0 Å². The van der Waals surface area contributed by atoms with Crippen molar-refractivity contribution in [1.29, 1.82) is 0 Å². The van der Waals surface area contributed by atoms with E-state index < -0.39 is 0 Å². The highest BCUT2D eigenvalue weighted by Crippen LogP contribution is 2.34. The van der Waals surface area contributed by atoms with Crippen LogP contribution < -0.4 is 5.73 Å². The first-order valence-electron chi connectivity index (χ1n) is 6.77. The maximum atomic E-state index is 6.24. The van der Waals surface area contributed by atoms with Gasteiger partial charge in [0.05, 0.1) is 22.6 Å². The van der Waals surface area contributed by atoms with Gasteiger partial charge in [-0.25, -0.2) is 0 Å². The quantitative estimate of drug-likeness (QED) is 0.921. The van der Waals surface area contributed by atoms with Crippen molar-refractivity contribution in [1.82, 2.24) is 0 Å². The average molecular weight is 304 g/mol. The van der Waals surface area contributed by atoms with E-state index in [9.17, 15) is 0 Å². The lowest BCUT2D eigenvalue weighted by atomic mass is 10.0. The Bertz CT molecular complexity index is 400. The van der Waals surface area contributed by atoms with Crippen molar-refractivity contribution in [3.8, 4) is 0 Å². The van der Waals surface area contributed by atoms with Gasteiger partial charge in [-0.2, -0.15) is 0 Å². The predicted octanol–water partition coefficient (Wildman–Crippen LogP) is 3.76. The second-order valence-electron chi connectivity index (χ2n) is 5.41. The molecular weight excluding hydrogens is 282 g/mol. The molecule has 4 atom stereocenters. The largest absolute Gasteiger partial charge is 0.375 e. The van der Waals surface area contributed by atoms with E-state index in [0.29, 0.717) is 0 Å². The van der Waals surface area contributed by atoms with E-state index in [1.54, 1.807) is 11.3 Å². The molecule has 1 aromatic rings. The van der Waals surface area contributed by atoms with Gasteiger partial charge in [-0.1, -0.05) is 11.6 Å². The summed E-state index contributed by atoms with van der Waals surface area (Å²) in [5.41, 5.74) is 6.07. The highest BCUT2D eigenvalue weighted by Gasteiger charge is 2.29. The summed E-state index contributed by atoms with van der Waals surface area (Å²) in [4.78, 5) is 1.10. The van der Waals surface area contributed by atoms with Gasteiger partial charge in [0.1, 0.15) is 6.10 Å². The highest BCUT2D eigenvalue weighted by atomic mass is 35.5. The fourth-order valence-electron chi connectivity index (χ4n) is 2.59. The summed E-state index contributed by atoms with van der Waals surface area (Å²) in [6.45, 7) is 6.16. The molecular formula is C14H22ClNO2S. The van der Waals surface area contributed by atoms with Crippen molar-refractivity contribution in [2.24, 2.45) is 5.73 Å². The molecule has 2 heterocycles. The molecule has 1 aliphatic heterocycles. The topological polar surface area (TPSA) is 44.5 Å². The second-order valence-corrected chi connectivity index (χ2v) is 7.16. The van der Waals surface area contributed by atoms with Crippen LogP contribution in [0, 0.1) is 0 Å². The van der Waals surface area contributed by atoms with Crippen LogP contribution in [0.1, 0.15) is 44.6 Å². The molecule has 1 fully saturated rings. The van der Waals surface area contributed by atoms with Crippen molar-refractivity contribution in [3.05, 3.63) is 21.3 Å². The Balaban J connectivity index is 2.04. The summed E-state index contributed by atoms with van der Waals surface area (Å²) in [6.07, 6.45) is 2.46. The third-order valence-electron chi connectivity index (χ3n) is 3.35. The molecule has 1 aromatic heterocycles. The summed E-state index contributed by atoms with van der Waals surface area (Å²) in [7, 11) is 0. The smallest absolute Gasteiger partial charge is 0.107 e. The number of halogens is 1. The van der Waals surface area contributed by atoms with Crippen LogP contribution in [0.2, 0.25) is 4.34 Å². The molecule has 2 rings (SSSR count). The number of thiophene rings is 1. The molecule has 5 heteroatoms. The highest BCUT2D eigenvalue weighted by molar-refractivity contribution is 7.16. The molecule has 108 valence electrons. The van der Waals surface area contributed by atoms with Crippen LogP contribution in [0.25, 0.3) is 0 Å². The Hall–Kier alpha value is -0.130. The maximum absolute atomic E-state index is 6.24. The first-order chi connectivity index (χ1) is 8.95. The lowest BCUT2D eigenvalue weighted by molar-refractivity contribution is -0.125. The van der Waals surface area contributed by atoms with Crippen LogP contribution in [0.3, 0.4) is 0 Å². The SMILES string of the molecule is CC1CC(OC(c2ccc(Cl)s2)C(C)N)CC(C)O1. The van der Waals surface area contributed by atoms with Gasteiger partial charge in [0.2, 0.25) is 0 Å². The number of nitrogens with two attached hydrogens (primary N) is 1. The van der Waals surface area contributed by atoms with Gasteiger partial charge in [-0.15, -0.1) is 11.3 Å². The van der Waals surface area contributed by atoms with E-state index in [-0.39, 0.29) is 30.5 Å². The van der Waals surface area contributed by atoms with Crippen LogP contribution in [0.5, 0.6) is 0 Å². The predicted molar refractivity (Wildman–Crippen MR) is 79.8 cm³/mol. The maximum Gasteiger partial charge on any atom is 0.107 e. The van der Waals surface area contributed by atoms with E-state index in [1.807, 2.05) is 19.1 Å². The molecule has 0 saturated carbocycles. The zero-order valence-corrected chi connectivity index (χ0v) is 13.2. The van der Waals surface area contributed by atoms with Gasteiger partial charge < -0.3 is 15.2 Å². The summed E-state index contributed by atoms with van der Waals surface area (Å²) < 4.78 is 12.8. The van der Waals surface area contributed by atoms with Crippen molar-refractivity contribution >= 4 is 22.9 Å². The minimum Gasteiger partial charge on any atom is -0.375 e. The zero-order valence-electron chi connectivity index (χ0n) is 11.6. The summed E-state index contributed by atoms with van der Waals surface area (Å²) >= 11 is 7.54. The van der Waals surface area contributed by atoms with E-state index in [4.69, 9.17) is 26.8 Å². The van der Waals surface area contributed by atoms with Crippen molar-refractivity contribution in [3.63, 3.8) is 0 Å². The van der Waals surface area contributed by atoms with Crippen LogP contribution in [0.4, 0.5) is 0 Å². The zero-order chi connectivity index (χ0) is 14.0. The molecule has 1 aliphatic rings. The molecule has 0 radical (unpaired) electrons. The van der Waals surface area contributed by atoms with Gasteiger partial charge in [-0.05, 0) is 45.7 Å². The Kier molecular flexibility index (Phi) is 5.26. The molecule has 4 unspecified atom stereocenters. The third kappa shape index (κ3) is 4.17. The standard InChI is InChI=1S/C14H22ClNO2S/c1-8-6-11(7-9(2)17-8)18-14(10(3)16)12-4-5-13(15)19-12/h4-5,8-11,14H,6-7,16H2,1-3H3. The van der Waals surface area contributed by atoms with Crippen molar-refractivity contribution in [2.45, 2.75) is 64.1 Å². The van der Waals surface area contributed by atoms with Gasteiger partial charge >= 0.3 is 0 Å². The Morgan fingerprint density at radius 1 is 1.37 bits per heavy atom. The van der Waals surface area contributed by atoms with Crippen LogP contribution in [-0.2, 0) is 9.47 Å². The second kappa shape index (κ2) is 6.55. The Labute approximate surface area is 124 Å². The number of hydrogen-bond acceptors (Lipinski definition) is 4. The monoisotopic (exact) mass is 303 g/mol.